The average Bonchev–Trinajstić information content (AvgIpc) is 2.44. The average molecular weight is 198 g/mol. The summed E-state index contributed by atoms with van der Waals surface area (Å²) in [5.74, 6) is 0.875. The lowest BCUT2D eigenvalue weighted by molar-refractivity contribution is 0.284. The summed E-state index contributed by atoms with van der Waals surface area (Å²) in [4.78, 5) is 2.29. The standard InChI is InChI=1S/C10H18N2S/c1-13-10(5-3-6-10)8-12-7-2-4-9(12)11/h11H,2-8H2,1H3. The summed E-state index contributed by atoms with van der Waals surface area (Å²) >= 11 is 2.01. The Labute approximate surface area is 84.6 Å². The number of nitrogens with zero attached hydrogens (tertiary/aromatic N) is 1. The third-order valence-corrected chi connectivity index (χ3v) is 4.80. The highest BCUT2D eigenvalue weighted by Crippen LogP contribution is 2.43. The van der Waals surface area contributed by atoms with Gasteiger partial charge in [-0.3, -0.25) is 5.41 Å². The molecule has 0 aromatic carbocycles. The van der Waals surface area contributed by atoms with E-state index >= 15 is 0 Å². The Hall–Kier alpha value is -0.180. The van der Waals surface area contributed by atoms with E-state index in [0.717, 1.165) is 25.3 Å². The maximum atomic E-state index is 7.78. The number of rotatable bonds is 3. The van der Waals surface area contributed by atoms with Crippen LogP contribution < -0.4 is 0 Å². The zero-order chi connectivity index (χ0) is 9.31. The Morgan fingerprint density at radius 3 is 2.62 bits per heavy atom. The van der Waals surface area contributed by atoms with Crippen LogP contribution in [0.3, 0.4) is 0 Å². The molecule has 0 unspecified atom stereocenters. The van der Waals surface area contributed by atoms with Crippen molar-refractivity contribution >= 4 is 17.6 Å². The Morgan fingerprint density at radius 2 is 2.23 bits per heavy atom. The van der Waals surface area contributed by atoms with Crippen LogP contribution in [-0.4, -0.2) is 34.8 Å². The minimum absolute atomic E-state index is 0.511. The van der Waals surface area contributed by atoms with E-state index < -0.39 is 0 Å². The van der Waals surface area contributed by atoms with Crippen LogP contribution in [0.4, 0.5) is 0 Å². The number of thioether (sulfide) groups is 1. The maximum Gasteiger partial charge on any atom is 0.0958 e. The number of hydrogen-bond acceptors (Lipinski definition) is 2. The lowest BCUT2D eigenvalue weighted by atomic mass is 9.84. The molecule has 0 amide bonds. The molecule has 2 aliphatic rings. The second-order valence-corrected chi connectivity index (χ2v) is 5.49. The summed E-state index contributed by atoms with van der Waals surface area (Å²) in [6.45, 7) is 2.26. The molecule has 74 valence electrons. The molecule has 0 atom stereocenters. The topological polar surface area (TPSA) is 27.1 Å². The first-order valence-corrected chi connectivity index (χ1v) is 6.36. The first kappa shape index (κ1) is 9.38. The monoisotopic (exact) mass is 198 g/mol. The van der Waals surface area contributed by atoms with Crippen molar-refractivity contribution in [1.82, 2.24) is 4.90 Å². The van der Waals surface area contributed by atoms with Crippen LogP contribution in [0.15, 0.2) is 0 Å². The van der Waals surface area contributed by atoms with E-state index in [2.05, 4.69) is 11.2 Å². The first-order valence-electron chi connectivity index (χ1n) is 5.13. The van der Waals surface area contributed by atoms with Crippen molar-refractivity contribution in [3.63, 3.8) is 0 Å². The van der Waals surface area contributed by atoms with E-state index in [0.29, 0.717) is 4.75 Å². The summed E-state index contributed by atoms with van der Waals surface area (Å²) in [6.07, 6.45) is 8.53. The third kappa shape index (κ3) is 1.71. The fourth-order valence-corrected chi connectivity index (χ4v) is 3.23. The van der Waals surface area contributed by atoms with Crippen LogP contribution in [0.1, 0.15) is 32.1 Å². The van der Waals surface area contributed by atoms with Crippen molar-refractivity contribution in [1.29, 1.82) is 5.41 Å². The molecule has 0 aromatic heterocycles. The van der Waals surface area contributed by atoms with Gasteiger partial charge in [0, 0.05) is 24.3 Å². The fraction of sp³-hybridized carbons (Fsp3) is 0.900. The predicted octanol–water partition coefficient (Wildman–Crippen LogP) is 2.35. The van der Waals surface area contributed by atoms with Gasteiger partial charge in [-0.05, 0) is 25.5 Å². The summed E-state index contributed by atoms with van der Waals surface area (Å²) in [5, 5.41) is 7.78. The molecule has 1 saturated heterocycles. The van der Waals surface area contributed by atoms with Gasteiger partial charge < -0.3 is 4.90 Å². The highest BCUT2D eigenvalue weighted by Gasteiger charge is 2.38. The van der Waals surface area contributed by atoms with Crippen LogP contribution in [-0.2, 0) is 0 Å². The summed E-state index contributed by atoms with van der Waals surface area (Å²) in [7, 11) is 0. The van der Waals surface area contributed by atoms with Gasteiger partial charge in [-0.15, -0.1) is 0 Å². The van der Waals surface area contributed by atoms with Gasteiger partial charge in [-0.2, -0.15) is 11.8 Å². The zero-order valence-corrected chi connectivity index (χ0v) is 9.12. The van der Waals surface area contributed by atoms with Gasteiger partial charge in [0.1, 0.15) is 0 Å². The second-order valence-electron chi connectivity index (χ2n) is 4.21. The van der Waals surface area contributed by atoms with Crippen molar-refractivity contribution < 1.29 is 0 Å². The van der Waals surface area contributed by atoms with E-state index in [1.165, 1.54) is 25.7 Å². The number of hydrogen-bond donors (Lipinski definition) is 1. The molecule has 2 nitrogen and oxygen atoms in total. The van der Waals surface area contributed by atoms with Gasteiger partial charge in [0.15, 0.2) is 0 Å². The molecule has 2 fully saturated rings. The van der Waals surface area contributed by atoms with Crippen molar-refractivity contribution in [3.8, 4) is 0 Å². The normalized spacial score (nSPS) is 26.2. The van der Waals surface area contributed by atoms with Crippen LogP contribution >= 0.6 is 11.8 Å². The minimum atomic E-state index is 0.511. The fourth-order valence-electron chi connectivity index (χ4n) is 2.25. The summed E-state index contributed by atoms with van der Waals surface area (Å²) < 4.78 is 0.511. The van der Waals surface area contributed by atoms with Gasteiger partial charge in [0.05, 0.1) is 5.84 Å². The second kappa shape index (κ2) is 3.52. The molecule has 1 heterocycles. The van der Waals surface area contributed by atoms with Crippen molar-refractivity contribution in [2.24, 2.45) is 0 Å². The molecule has 2 rings (SSSR count). The Morgan fingerprint density at radius 1 is 1.46 bits per heavy atom. The molecule has 0 aromatic rings. The Kier molecular flexibility index (Phi) is 2.54. The first-order chi connectivity index (χ1) is 6.26. The number of amidine groups is 1. The predicted molar refractivity (Wildman–Crippen MR) is 58.6 cm³/mol. The van der Waals surface area contributed by atoms with Gasteiger partial charge in [0.2, 0.25) is 0 Å². The molecule has 1 aliphatic carbocycles. The zero-order valence-electron chi connectivity index (χ0n) is 8.31. The highest BCUT2D eigenvalue weighted by atomic mass is 32.2. The largest absolute Gasteiger partial charge is 0.359 e. The van der Waals surface area contributed by atoms with E-state index in [-0.39, 0.29) is 0 Å². The minimum Gasteiger partial charge on any atom is -0.359 e. The van der Waals surface area contributed by atoms with Crippen molar-refractivity contribution in [2.45, 2.75) is 36.9 Å². The third-order valence-electron chi connectivity index (χ3n) is 3.40. The molecular formula is C10H18N2S. The van der Waals surface area contributed by atoms with Crippen LogP contribution in [0.25, 0.3) is 0 Å². The quantitative estimate of drug-likeness (QED) is 0.753. The molecular weight excluding hydrogens is 180 g/mol. The lowest BCUT2D eigenvalue weighted by Gasteiger charge is -2.43. The molecule has 0 bridgehead atoms. The maximum absolute atomic E-state index is 7.78. The molecule has 1 saturated carbocycles. The molecule has 1 N–H and O–H groups in total. The molecule has 0 radical (unpaired) electrons. The lowest BCUT2D eigenvalue weighted by Crippen LogP contribution is -2.45. The molecule has 0 spiro atoms. The van der Waals surface area contributed by atoms with Crippen LogP contribution in [0.5, 0.6) is 0 Å². The van der Waals surface area contributed by atoms with Gasteiger partial charge in [-0.1, -0.05) is 6.42 Å². The molecule has 3 heteroatoms. The number of likely N-dealkylation sites (tertiary alicyclic amines) is 1. The summed E-state index contributed by atoms with van der Waals surface area (Å²) in [5.41, 5.74) is 0. The van der Waals surface area contributed by atoms with Crippen LogP contribution in [0, 0.1) is 5.41 Å². The van der Waals surface area contributed by atoms with E-state index in [4.69, 9.17) is 5.41 Å². The van der Waals surface area contributed by atoms with E-state index in [9.17, 15) is 0 Å². The molecule has 13 heavy (non-hydrogen) atoms. The SMILES string of the molecule is CSC1(CN2CCCC2=N)CCC1. The number of nitrogens with one attached hydrogen (secondary N) is 1. The Bertz CT molecular complexity index is 205. The van der Waals surface area contributed by atoms with Gasteiger partial charge in [0.25, 0.3) is 0 Å². The Balaban J connectivity index is 1.92. The van der Waals surface area contributed by atoms with Crippen molar-refractivity contribution in [2.75, 3.05) is 19.3 Å². The van der Waals surface area contributed by atoms with E-state index in [1.54, 1.807) is 0 Å². The summed E-state index contributed by atoms with van der Waals surface area (Å²) in [6, 6.07) is 0. The van der Waals surface area contributed by atoms with Crippen LogP contribution in [0.2, 0.25) is 0 Å². The van der Waals surface area contributed by atoms with Gasteiger partial charge in [-0.25, -0.2) is 0 Å². The van der Waals surface area contributed by atoms with Gasteiger partial charge >= 0.3 is 0 Å². The van der Waals surface area contributed by atoms with E-state index in [1.807, 2.05) is 11.8 Å². The smallest absolute Gasteiger partial charge is 0.0958 e. The van der Waals surface area contributed by atoms with Crippen molar-refractivity contribution in [3.05, 3.63) is 0 Å². The highest BCUT2D eigenvalue weighted by molar-refractivity contribution is 8.00. The molecule has 1 aliphatic heterocycles.